The molecule has 1 spiro atoms. The van der Waals surface area contributed by atoms with Gasteiger partial charge < -0.3 is 4.48 Å². The molecule has 0 radical (unpaired) electrons. The lowest BCUT2D eigenvalue weighted by Gasteiger charge is -2.48. The summed E-state index contributed by atoms with van der Waals surface area (Å²) < 4.78 is 1.46. The third-order valence-corrected chi connectivity index (χ3v) is 5.16. The molecular weight excluding hydrogens is 182 g/mol. The summed E-state index contributed by atoms with van der Waals surface area (Å²) in [6.07, 6.45) is 5.93. The van der Waals surface area contributed by atoms with Gasteiger partial charge >= 0.3 is 0 Å². The molecule has 0 aliphatic carbocycles. The molecule has 0 aromatic heterocycles. The van der Waals surface area contributed by atoms with Crippen molar-refractivity contribution in [3.8, 4) is 0 Å². The lowest BCUT2D eigenvalue weighted by atomic mass is 9.79. The van der Waals surface area contributed by atoms with Gasteiger partial charge in [-0.05, 0) is 31.6 Å². The highest BCUT2D eigenvalue weighted by Gasteiger charge is 2.40. The fourth-order valence-corrected chi connectivity index (χ4v) is 3.91. The molecule has 0 amide bonds. The Bertz CT molecular complexity index is 189. The van der Waals surface area contributed by atoms with E-state index in [1.54, 1.807) is 0 Å². The average Bonchev–Trinajstić information content (AvgIpc) is 2.40. The lowest BCUT2D eigenvalue weighted by molar-refractivity contribution is -0.939. The van der Waals surface area contributed by atoms with Gasteiger partial charge in [0.05, 0.1) is 26.2 Å². The van der Waals surface area contributed by atoms with Gasteiger partial charge in [0.15, 0.2) is 0 Å². The Kier molecular flexibility index (Phi) is 3.39. The molecule has 1 nitrogen and oxygen atoms in total. The highest BCUT2D eigenvalue weighted by Crippen LogP contribution is 2.34. The summed E-state index contributed by atoms with van der Waals surface area (Å²) in [5.74, 6) is 2.82. The third-order valence-electron chi connectivity index (χ3n) is 5.16. The fraction of sp³-hybridized carbons (Fsp3) is 1.00. The highest BCUT2D eigenvalue weighted by atomic mass is 15.4. The molecule has 15 heavy (non-hydrogen) atoms. The molecule has 0 aromatic carbocycles. The first kappa shape index (κ1) is 11.4. The second-order valence-electron chi connectivity index (χ2n) is 6.38. The normalized spacial score (nSPS) is 41.4. The van der Waals surface area contributed by atoms with E-state index in [1.807, 2.05) is 0 Å². The van der Waals surface area contributed by atoms with E-state index < -0.39 is 0 Å². The van der Waals surface area contributed by atoms with Gasteiger partial charge in [-0.25, -0.2) is 0 Å². The van der Waals surface area contributed by atoms with E-state index in [0.29, 0.717) is 0 Å². The summed E-state index contributed by atoms with van der Waals surface area (Å²) in [5, 5.41) is 0. The van der Waals surface area contributed by atoms with E-state index in [2.05, 4.69) is 20.8 Å². The van der Waals surface area contributed by atoms with Crippen LogP contribution in [0.25, 0.3) is 0 Å². The number of hydrogen-bond acceptors (Lipinski definition) is 0. The van der Waals surface area contributed by atoms with Crippen LogP contribution in [0.2, 0.25) is 0 Å². The molecule has 1 heteroatoms. The number of hydrogen-bond donors (Lipinski definition) is 0. The van der Waals surface area contributed by atoms with Crippen LogP contribution in [0, 0.1) is 17.8 Å². The van der Waals surface area contributed by atoms with E-state index in [9.17, 15) is 0 Å². The van der Waals surface area contributed by atoms with Crippen molar-refractivity contribution in [2.24, 2.45) is 17.8 Å². The molecule has 88 valence electrons. The molecule has 2 aliphatic heterocycles. The van der Waals surface area contributed by atoms with Crippen molar-refractivity contribution in [3.63, 3.8) is 0 Å². The summed E-state index contributed by atoms with van der Waals surface area (Å²) in [6, 6.07) is 0. The zero-order chi connectivity index (χ0) is 10.9. The van der Waals surface area contributed by atoms with Crippen LogP contribution in [-0.2, 0) is 0 Å². The van der Waals surface area contributed by atoms with Crippen molar-refractivity contribution in [2.75, 3.05) is 26.2 Å². The molecule has 0 aromatic rings. The fourth-order valence-electron chi connectivity index (χ4n) is 3.91. The molecule has 0 N–H and O–H groups in total. The van der Waals surface area contributed by atoms with Crippen molar-refractivity contribution in [1.29, 1.82) is 0 Å². The first-order valence-electron chi connectivity index (χ1n) is 6.98. The zero-order valence-corrected chi connectivity index (χ0v) is 10.8. The number of quaternary nitrogens is 1. The summed E-state index contributed by atoms with van der Waals surface area (Å²) in [4.78, 5) is 0. The largest absolute Gasteiger partial charge is 0.323 e. The maximum absolute atomic E-state index is 2.48. The smallest absolute Gasteiger partial charge is 0.0815 e. The number of nitrogens with zero attached hydrogens (tertiary/aromatic N) is 1. The molecule has 2 fully saturated rings. The van der Waals surface area contributed by atoms with Crippen molar-refractivity contribution >= 4 is 0 Å². The quantitative estimate of drug-likeness (QED) is 0.538. The Morgan fingerprint density at radius 3 is 1.67 bits per heavy atom. The van der Waals surface area contributed by atoms with Crippen LogP contribution in [0.4, 0.5) is 0 Å². The molecular formula is C14H28N+. The lowest BCUT2D eigenvalue weighted by Crippen LogP contribution is -2.58. The van der Waals surface area contributed by atoms with Crippen LogP contribution in [0.3, 0.4) is 0 Å². The van der Waals surface area contributed by atoms with Crippen LogP contribution in [0.15, 0.2) is 0 Å². The van der Waals surface area contributed by atoms with Crippen LogP contribution in [0.1, 0.15) is 46.5 Å². The molecule has 2 atom stereocenters. The van der Waals surface area contributed by atoms with Gasteiger partial charge in [0, 0.05) is 11.8 Å². The predicted molar refractivity (Wildman–Crippen MR) is 65.7 cm³/mol. The van der Waals surface area contributed by atoms with Crippen LogP contribution in [-0.4, -0.2) is 30.7 Å². The van der Waals surface area contributed by atoms with Gasteiger partial charge in [-0.1, -0.05) is 20.8 Å². The van der Waals surface area contributed by atoms with Crippen molar-refractivity contribution < 1.29 is 4.48 Å². The second kappa shape index (κ2) is 4.45. The van der Waals surface area contributed by atoms with Crippen LogP contribution < -0.4 is 0 Å². The summed E-state index contributed by atoms with van der Waals surface area (Å²) in [6.45, 7) is 13.3. The molecule has 2 unspecified atom stereocenters. The Morgan fingerprint density at radius 1 is 0.733 bits per heavy atom. The minimum atomic E-state index is 0.937. The van der Waals surface area contributed by atoms with Gasteiger partial charge in [0.25, 0.3) is 0 Å². The van der Waals surface area contributed by atoms with Gasteiger partial charge in [-0.15, -0.1) is 0 Å². The van der Waals surface area contributed by atoms with E-state index in [-0.39, 0.29) is 0 Å². The van der Waals surface area contributed by atoms with Crippen molar-refractivity contribution in [1.82, 2.24) is 0 Å². The van der Waals surface area contributed by atoms with Crippen LogP contribution in [0.5, 0.6) is 0 Å². The molecule has 0 bridgehead atoms. The first-order valence-corrected chi connectivity index (χ1v) is 6.98. The Labute approximate surface area is 95.4 Å². The van der Waals surface area contributed by atoms with E-state index in [1.165, 1.54) is 56.3 Å². The summed E-state index contributed by atoms with van der Waals surface area (Å²) in [7, 11) is 0. The topological polar surface area (TPSA) is 0 Å². The average molecular weight is 210 g/mol. The standard InChI is InChI=1S/C14H28N/c1-12-10-15(11-13(2)14(12)3)8-6-4-5-7-9-15/h12-14H,4-11H2,1-3H3/q+1. The van der Waals surface area contributed by atoms with Gasteiger partial charge in [-0.2, -0.15) is 0 Å². The summed E-state index contributed by atoms with van der Waals surface area (Å²) in [5.41, 5.74) is 0. The van der Waals surface area contributed by atoms with E-state index in [0.717, 1.165) is 17.8 Å². The maximum atomic E-state index is 2.48. The molecule has 2 saturated heterocycles. The van der Waals surface area contributed by atoms with E-state index in [4.69, 9.17) is 0 Å². The number of piperidine rings is 1. The Morgan fingerprint density at radius 2 is 1.20 bits per heavy atom. The molecule has 2 heterocycles. The Hall–Kier alpha value is -0.0400. The number of rotatable bonds is 0. The van der Waals surface area contributed by atoms with E-state index >= 15 is 0 Å². The second-order valence-corrected chi connectivity index (χ2v) is 6.38. The molecule has 2 aliphatic rings. The van der Waals surface area contributed by atoms with Gasteiger partial charge in [0.1, 0.15) is 0 Å². The minimum Gasteiger partial charge on any atom is -0.323 e. The van der Waals surface area contributed by atoms with Crippen molar-refractivity contribution in [2.45, 2.75) is 46.5 Å². The third kappa shape index (κ3) is 2.38. The van der Waals surface area contributed by atoms with Gasteiger partial charge in [0.2, 0.25) is 0 Å². The SMILES string of the molecule is CC1C[N+]2(CCCCCC2)CC(C)C1C. The van der Waals surface area contributed by atoms with Crippen molar-refractivity contribution in [3.05, 3.63) is 0 Å². The maximum Gasteiger partial charge on any atom is 0.0815 e. The predicted octanol–water partition coefficient (Wildman–Crippen LogP) is 3.30. The zero-order valence-electron chi connectivity index (χ0n) is 10.8. The van der Waals surface area contributed by atoms with Gasteiger partial charge in [-0.3, -0.25) is 0 Å². The first-order chi connectivity index (χ1) is 7.13. The highest BCUT2D eigenvalue weighted by molar-refractivity contribution is 4.74. The van der Waals surface area contributed by atoms with Crippen LogP contribution >= 0.6 is 0 Å². The molecule has 0 saturated carbocycles. The summed E-state index contributed by atoms with van der Waals surface area (Å²) >= 11 is 0. The Balaban J connectivity index is 2.07. The monoisotopic (exact) mass is 210 g/mol. The minimum absolute atomic E-state index is 0.937. The molecule has 2 rings (SSSR count).